The Morgan fingerprint density at radius 2 is 1.52 bits per heavy atom. The monoisotopic (exact) mass is 341 g/mol. The van der Waals surface area contributed by atoms with E-state index in [0.717, 1.165) is 26.2 Å². The summed E-state index contributed by atoms with van der Waals surface area (Å²) >= 11 is 0. The molecule has 0 N–H and O–H groups in total. The van der Waals surface area contributed by atoms with Crippen LogP contribution in [0.4, 0.5) is 5.69 Å². The van der Waals surface area contributed by atoms with Crippen LogP contribution in [0.2, 0.25) is 19.6 Å². The van der Waals surface area contributed by atoms with Gasteiger partial charge in [-0.3, -0.25) is 0 Å². The van der Waals surface area contributed by atoms with Crippen LogP contribution >= 0.6 is 0 Å². The fraction of sp³-hybridized carbons (Fsp3) is 0.263. The van der Waals surface area contributed by atoms with Gasteiger partial charge in [0.15, 0.2) is 0 Å². The molecule has 0 fully saturated rings. The largest absolute Gasteiger partial charge is 0.240 e. The molecule has 2 aromatic rings. The van der Waals surface area contributed by atoms with E-state index in [1.54, 1.807) is 0 Å². The second-order valence-corrected chi connectivity index (χ2v) is 14.6. The van der Waals surface area contributed by atoms with Crippen molar-refractivity contribution < 1.29 is 4.21 Å². The number of nitrogens with zero attached hydrogens (tertiary/aromatic N) is 1. The van der Waals surface area contributed by atoms with Crippen LogP contribution in [0, 0.1) is 6.92 Å². The first-order valence-corrected chi connectivity index (χ1v) is 12.9. The number of benzene rings is 2. The van der Waals surface area contributed by atoms with Crippen LogP contribution in [-0.2, 0) is 9.73 Å². The highest BCUT2D eigenvalue weighted by Crippen LogP contribution is 2.43. The van der Waals surface area contributed by atoms with Crippen molar-refractivity contribution in [3.63, 3.8) is 0 Å². The fourth-order valence-electron chi connectivity index (χ4n) is 3.26. The third-order valence-electron chi connectivity index (χ3n) is 4.17. The molecule has 0 saturated heterocycles. The summed E-state index contributed by atoms with van der Waals surface area (Å²) in [5, 5.41) is 0. The van der Waals surface area contributed by atoms with Crippen LogP contribution in [0.1, 0.15) is 18.1 Å². The Kier molecular flexibility index (Phi) is 3.85. The third kappa shape index (κ3) is 2.70. The lowest BCUT2D eigenvalue weighted by Gasteiger charge is -2.30. The Balaban J connectivity index is 2.41. The van der Waals surface area contributed by atoms with Crippen molar-refractivity contribution in [2.24, 2.45) is 4.36 Å². The van der Waals surface area contributed by atoms with Crippen molar-refractivity contribution in [3.05, 3.63) is 64.2 Å². The minimum atomic E-state index is -2.58. The van der Waals surface area contributed by atoms with Gasteiger partial charge >= 0.3 is 0 Å². The van der Waals surface area contributed by atoms with Gasteiger partial charge in [0.25, 0.3) is 0 Å². The van der Waals surface area contributed by atoms with E-state index in [0.29, 0.717) is 0 Å². The maximum Gasteiger partial charge on any atom is 0.101 e. The summed E-state index contributed by atoms with van der Waals surface area (Å²) in [6.07, 6.45) is 0. The summed E-state index contributed by atoms with van der Waals surface area (Å²) < 4.78 is 19.9. The Morgan fingerprint density at radius 3 is 2.13 bits per heavy atom. The highest BCUT2D eigenvalue weighted by atomic mass is 32.2. The summed E-state index contributed by atoms with van der Waals surface area (Å²) in [4.78, 5) is 0.828. The zero-order chi connectivity index (χ0) is 16.8. The van der Waals surface area contributed by atoms with Crippen molar-refractivity contribution in [1.29, 1.82) is 0 Å². The standard InChI is InChI=1S/C19H23NOSSi/c1-14-10-12-16(13-11-14)22(21)19(23(3,4)5)15(2)17-8-6-7-9-18(17)20-22/h6-13H,1-5H3. The van der Waals surface area contributed by atoms with Gasteiger partial charge in [-0.05, 0) is 37.6 Å². The molecule has 23 heavy (non-hydrogen) atoms. The SMILES string of the molecule is CC1=C([Si](C)(C)C)S(=O)(c2ccc(C)cc2)=Nc2ccccc21. The summed E-state index contributed by atoms with van der Waals surface area (Å²) in [6, 6.07) is 16.0. The van der Waals surface area contributed by atoms with E-state index in [2.05, 4.69) is 32.6 Å². The van der Waals surface area contributed by atoms with Crippen molar-refractivity contribution >= 4 is 29.1 Å². The van der Waals surface area contributed by atoms with Crippen LogP contribution < -0.4 is 0 Å². The zero-order valence-electron chi connectivity index (χ0n) is 14.4. The number of hydrogen-bond donors (Lipinski definition) is 0. The van der Waals surface area contributed by atoms with Gasteiger partial charge in [0.1, 0.15) is 9.73 Å². The molecule has 0 amide bonds. The molecule has 2 aromatic carbocycles. The first-order chi connectivity index (χ1) is 10.7. The normalized spacial score (nSPS) is 20.9. The molecule has 0 saturated carbocycles. The van der Waals surface area contributed by atoms with Gasteiger partial charge in [-0.25, -0.2) is 4.21 Å². The van der Waals surface area contributed by atoms with Crippen LogP contribution in [0.5, 0.6) is 0 Å². The van der Waals surface area contributed by atoms with E-state index in [4.69, 9.17) is 4.36 Å². The minimum Gasteiger partial charge on any atom is -0.240 e. The van der Waals surface area contributed by atoms with Crippen LogP contribution in [0.3, 0.4) is 0 Å². The molecule has 0 aromatic heterocycles. The lowest BCUT2D eigenvalue weighted by molar-refractivity contribution is 0.681. The molecule has 4 heteroatoms. The van der Waals surface area contributed by atoms with E-state index in [1.165, 1.54) is 5.56 Å². The molecule has 1 atom stereocenters. The van der Waals surface area contributed by atoms with Crippen LogP contribution in [0.25, 0.3) is 5.57 Å². The van der Waals surface area contributed by atoms with Gasteiger partial charge in [0.05, 0.1) is 18.7 Å². The molecule has 0 aliphatic carbocycles. The Hall–Kier alpha value is -1.65. The Bertz CT molecular complexity index is 911. The quantitative estimate of drug-likeness (QED) is 0.637. The molecule has 2 nitrogen and oxygen atoms in total. The van der Waals surface area contributed by atoms with Gasteiger partial charge in [0.2, 0.25) is 0 Å². The van der Waals surface area contributed by atoms with Gasteiger partial charge < -0.3 is 0 Å². The zero-order valence-corrected chi connectivity index (χ0v) is 16.2. The summed E-state index contributed by atoms with van der Waals surface area (Å²) in [5.41, 5.74) is 4.29. The van der Waals surface area contributed by atoms with Crippen molar-refractivity contribution in [3.8, 4) is 0 Å². The Morgan fingerprint density at radius 1 is 0.913 bits per heavy atom. The molecule has 0 radical (unpaired) electrons. The van der Waals surface area contributed by atoms with Crippen LogP contribution in [0.15, 0.2) is 62.3 Å². The molecular weight excluding hydrogens is 318 g/mol. The summed E-state index contributed by atoms with van der Waals surface area (Å²) in [6.45, 7) is 10.9. The third-order valence-corrected chi connectivity index (χ3v) is 10.8. The molecular formula is C19H23NOSSi. The second kappa shape index (κ2) is 5.46. The molecule has 0 spiro atoms. The van der Waals surface area contributed by atoms with Crippen molar-refractivity contribution in [1.82, 2.24) is 0 Å². The van der Waals surface area contributed by atoms with E-state index < -0.39 is 17.8 Å². The first-order valence-electron chi connectivity index (χ1n) is 7.88. The average molecular weight is 342 g/mol. The predicted molar refractivity (Wildman–Crippen MR) is 102 cm³/mol. The molecule has 0 bridgehead atoms. The maximum absolute atomic E-state index is 14.1. The number of fused-ring (bicyclic) bond motifs is 1. The molecule has 1 unspecified atom stereocenters. The highest BCUT2D eigenvalue weighted by molar-refractivity contribution is 8.00. The van der Waals surface area contributed by atoms with Crippen molar-refractivity contribution in [2.45, 2.75) is 38.4 Å². The number of rotatable bonds is 2. The minimum absolute atomic E-state index is 0.828. The lowest BCUT2D eigenvalue weighted by atomic mass is 10.1. The average Bonchev–Trinajstić information content (AvgIpc) is 2.46. The van der Waals surface area contributed by atoms with E-state index >= 15 is 0 Å². The molecule has 1 aliphatic rings. The van der Waals surface area contributed by atoms with Gasteiger partial charge in [-0.1, -0.05) is 55.5 Å². The number of aryl methyl sites for hydroxylation is 1. The van der Waals surface area contributed by atoms with Gasteiger partial charge in [-0.2, -0.15) is 4.36 Å². The fourth-order valence-corrected chi connectivity index (χ4v) is 10.2. The Labute approximate surface area is 140 Å². The number of allylic oxidation sites excluding steroid dienone is 1. The molecule has 1 heterocycles. The summed E-state index contributed by atoms with van der Waals surface area (Å²) in [5.74, 6) is 0. The van der Waals surface area contributed by atoms with Gasteiger partial charge in [-0.15, -0.1) is 0 Å². The first kappa shape index (κ1) is 16.2. The van der Waals surface area contributed by atoms with E-state index in [-0.39, 0.29) is 0 Å². The molecule has 3 rings (SSSR count). The maximum atomic E-state index is 14.1. The second-order valence-electron chi connectivity index (χ2n) is 7.15. The highest BCUT2D eigenvalue weighted by Gasteiger charge is 2.35. The predicted octanol–water partition coefficient (Wildman–Crippen LogP) is 5.78. The molecule has 120 valence electrons. The molecule has 1 aliphatic heterocycles. The number of hydrogen-bond acceptors (Lipinski definition) is 2. The van der Waals surface area contributed by atoms with E-state index in [1.807, 2.05) is 49.4 Å². The summed E-state index contributed by atoms with van der Waals surface area (Å²) in [7, 11) is -4.39. The van der Waals surface area contributed by atoms with Crippen molar-refractivity contribution in [2.75, 3.05) is 0 Å². The topological polar surface area (TPSA) is 29.4 Å². The van der Waals surface area contributed by atoms with E-state index in [9.17, 15) is 4.21 Å². The van der Waals surface area contributed by atoms with Crippen LogP contribution in [-0.4, -0.2) is 12.3 Å². The lowest BCUT2D eigenvalue weighted by Crippen LogP contribution is -2.31. The smallest absolute Gasteiger partial charge is 0.101 e. The van der Waals surface area contributed by atoms with Gasteiger partial charge in [0, 0.05) is 10.1 Å².